The number of aliphatic hydroxyl groups excluding tert-OH is 1. The van der Waals surface area contributed by atoms with Crippen LogP contribution in [0, 0.1) is 6.92 Å². The van der Waals surface area contributed by atoms with E-state index in [1.807, 2.05) is 13.8 Å². The van der Waals surface area contributed by atoms with E-state index in [9.17, 15) is 9.36 Å². The van der Waals surface area contributed by atoms with Crippen molar-refractivity contribution in [2.45, 2.75) is 45.9 Å². The van der Waals surface area contributed by atoms with Crippen molar-refractivity contribution in [2.24, 2.45) is 0 Å². The van der Waals surface area contributed by atoms with Gasteiger partial charge in [-0.3, -0.25) is 4.79 Å². The number of nitrogens with zero attached hydrogens (tertiary/aromatic N) is 3. The Balaban J connectivity index is 0.000000388. The van der Waals surface area contributed by atoms with Gasteiger partial charge in [0.05, 0.1) is 26.0 Å². The topological polar surface area (TPSA) is 140 Å². The van der Waals surface area contributed by atoms with Crippen molar-refractivity contribution in [1.29, 1.82) is 0 Å². The molecular weight excluding hydrogens is 351 g/mol. The summed E-state index contributed by atoms with van der Waals surface area (Å²) in [5, 5.41) is 13.7. The minimum atomic E-state index is -2.35. The SMILES string of the molecule is CC.CO[P+](=O)O.Cc1nc2c(cnn2[C@H]2CC[C@@H](CO)O2)c(=O)[nH]1. The number of ether oxygens (including phenoxy) is 1. The molecule has 0 amide bonds. The summed E-state index contributed by atoms with van der Waals surface area (Å²) < 4.78 is 20.4. The van der Waals surface area contributed by atoms with Gasteiger partial charge >= 0.3 is 8.25 Å². The van der Waals surface area contributed by atoms with Crippen LogP contribution in [0.1, 0.15) is 38.7 Å². The number of nitrogens with one attached hydrogen (secondary N) is 1. The number of hydrogen-bond acceptors (Lipinski definition) is 7. The van der Waals surface area contributed by atoms with Crippen LogP contribution in [0.25, 0.3) is 11.0 Å². The molecule has 11 heteroatoms. The van der Waals surface area contributed by atoms with E-state index in [2.05, 4.69) is 19.6 Å². The fraction of sp³-hybridized carbons (Fsp3) is 0.643. The smallest absolute Gasteiger partial charge is 0.394 e. The van der Waals surface area contributed by atoms with Crippen molar-refractivity contribution >= 4 is 19.3 Å². The van der Waals surface area contributed by atoms with Gasteiger partial charge in [-0.25, -0.2) is 9.67 Å². The van der Waals surface area contributed by atoms with Gasteiger partial charge in [-0.2, -0.15) is 5.10 Å². The van der Waals surface area contributed by atoms with Gasteiger partial charge in [0.25, 0.3) is 5.56 Å². The van der Waals surface area contributed by atoms with Gasteiger partial charge in [0.1, 0.15) is 11.2 Å². The average Bonchev–Trinajstić information content (AvgIpc) is 3.23. The largest absolute Gasteiger partial charge is 0.694 e. The first-order valence-electron chi connectivity index (χ1n) is 7.87. The molecule has 0 saturated carbocycles. The summed E-state index contributed by atoms with van der Waals surface area (Å²) in [5.41, 5.74) is 0.334. The molecule has 3 atom stereocenters. The molecule has 0 spiro atoms. The third-order valence-corrected chi connectivity index (χ3v) is 3.61. The molecule has 0 bridgehead atoms. The maximum Gasteiger partial charge on any atom is 0.694 e. The second-order valence-corrected chi connectivity index (χ2v) is 5.71. The van der Waals surface area contributed by atoms with Crippen molar-refractivity contribution in [3.63, 3.8) is 0 Å². The van der Waals surface area contributed by atoms with E-state index in [1.165, 1.54) is 13.3 Å². The maximum atomic E-state index is 11.7. The number of H-pyrrole nitrogens is 1. The number of hydrogen-bond donors (Lipinski definition) is 3. The fourth-order valence-electron chi connectivity index (χ4n) is 2.26. The number of aliphatic hydroxyl groups is 1. The van der Waals surface area contributed by atoms with Gasteiger partial charge < -0.3 is 14.8 Å². The number of rotatable bonds is 3. The van der Waals surface area contributed by atoms with Crippen molar-refractivity contribution in [3.05, 3.63) is 22.4 Å². The standard InChI is InChI=1S/C11H14N4O3.C2H6.CH3O3P/c1-6-13-10-8(11(17)14-6)4-12-15(10)9-3-2-7(5-16)18-9;1-2;1-4-5(2)3/h4,7,9,16H,2-3,5H2,1H3,(H,13,14,17);1-2H3;1H3/p+1/t7-,9+;;/m0../s1. The molecule has 0 aliphatic carbocycles. The highest BCUT2D eigenvalue weighted by atomic mass is 31.1. The molecule has 25 heavy (non-hydrogen) atoms. The Kier molecular flexibility index (Phi) is 8.81. The summed E-state index contributed by atoms with van der Waals surface area (Å²) in [4.78, 5) is 26.3. The average molecular weight is 375 g/mol. The Labute approximate surface area is 145 Å². The van der Waals surface area contributed by atoms with E-state index in [0.717, 1.165) is 12.8 Å². The first-order chi connectivity index (χ1) is 12.0. The van der Waals surface area contributed by atoms with Crippen LogP contribution in [-0.2, 0) is 13.8 Å². The molecule has 3 rings (SSSR count). The summed E-state index contributed by atoms with van der Waals surface area (Å²) in [6.07, 6.45) is 2.63. The number of aromatic nitrogens is 4. The lowest BCUT2D eigenvalue weighted by Crippen LogP contribution is -2.16. The van der Waals surface area contributed by atoms with Crippen LogP contribution in [0.3, 0.4) is 0 Å². The maximum absolute atomic E-state index is 11.7. The van der Waals surface area contributed by atoms with E-state index in [1.54, 1.807) is 11.6 Å². The first kappa shape index (κ1) is 21.3. The highest BCUT2D eigenvalue weighted by molar-refractivity contribution is 7.32. The second-order valence-electron chi connectivity index (χ2n) is 4.87. The van der Waals surface area contributed by atoms with Crippen molar-refractivity contribution in [1.82, 2.24) is 19.7 Å². The minimum absolute atomic E-state index is 0.00272. The summed E-state index contributed by atoms with van der Waals surface area (Å²) >= 11 is 0. The first-order valence-corrected chi connectivity index (χ1v) is 9.00. The van der Waals surface area contributed by atoms with Crippen LogP contribution in [0.5, 0.6) is 0 Å². The van der Waals surface area contributed by atoms with Crippen LogP contribution in [0.4, 0.5) is 0 Å². The van der Waals surface area contributed by atoms with Crippen LogP contribution in [-0.4, -0.2) is 49.6 Å². The van der Waals surface area contributed by atoms with E-state index >= 15 is 0 Å². The molecular formula is C14H24N4O6P+. The molecule has 1 fully saturated rings. The van der Waals surface area contributed by atoms with Gasteiger partial charge in [0.2, 0.25) is 0 Å². The monoisotopic (exact) mass is 375 g/mol. The number of aromatic amines is 1. The zero-order chi connectivity index (χ0) is 19.0. The Morgan fingerprint density at radius 1 is 1.48 bits per heavy atom. The summed E-state index contributed by atoms with van der Waals surface area (Å²) in [6.45, 7) is 5.73. The van der Waals surface area contributed by atoms with Crippen molar-refractivity contribution < 1.29 is 23.8 Å². The van der Waals surface area contributed by atoms with E-state index < -0.39 is 8.25 Å². The number of fused-ring (bicyclic) bond motifs is 1. The lowest BCUT2D eigenvalue weighted by Gasteiger charge is -2.12. The van der Waals surface area contributed by atoms with Gasteiger partial charge in [-0.05, 0) is 19.8 Å². The van der Waals surface area contributed by atoms with Crippen LogP contribution < -0.4 is 5.56 Å². The molecule has 1 unspecified atom stereocenters. The van der Waals surface area contributed by atoms with Gasteiger partial charge in [-0.15, -0.1) is 9.42 Å². The Morgan fingerprint density at radius 3 is 2.64 bits per heavy atom. The molecule has 2 aromatic heterocycles. The predicted octanol–water partition coefficient (Wildman–Crippen LogP) is 1.41. The molecule has 10 nitrogen and oxygen atoms in total. The highest BCUT2D eigenvalue weighted by Crippen LogP contribution is 2.29. The summed E-state index contributed by atoms with van der Waals surface area (Å²) in [5.74, 6) is 0.547. The van der Waals surface area contributed by atoms with E-state index in [-0.39, 0.29) is 24.5 Å². The van der Waals surface area contributed by atoms with Crippen LogP contribution >= 0.6 is 8.25 Å². The molecule has 3 N–H and O–H groups in total. The number of aryl methyl sites for hydroxylation is 1. The molecule has 1 saturated heterocycles. The summed E-state index contributed by atoms with van der Waals surface area (Å²) in [7, 11) is -1.18. The predicted molar refractivity (Wildman–Crippen MR) is 91.3 cm³/mol. The van der Waals surface area contributed by atoms with E-state index in [0.29, 0.717) is 16.9 Å². The quantitative estimate of drug-likeness (QED) is 0.684. The van der Waals surface area contributed by atoms with Crippen molar-refractivity contribution in [3.8, 4) is 0 Å². The molecule has 3 heterocycles. The summed E-state index contributed by atoms with van der Waals surface area (Å²) in [6, 6.07) is 0. The zero-order valence-electron chi connectivity index (χ0n) is 14.7. The minimum Gasteiger partial charge on any atom is -0.394 e. The Morgan fingerprint density at radius 2 is 2.12 bits per heavy atom. The third-order valence-electron chi connectivity index (χ3n) is 3.30. The molecule has 1 aliphatic heterocycles. The van der Waals surface area contributed by atoms with Crippen LogP contribution in [0.2, 0.25) is 0 Å². The Bertz CT molecular complexity index is 746. The van der Waals surface area contributed by atoms with Gasteiger partial charge in [0.15, 0.2) is 11.9 Å². The lowest BCUT2D eigenvalue weighted by molar-refractivity contribution is -0.0262. The van der Waals surface area contributed by atoms with Gasteiger partial charge in [0, 0.05) is 4.57 Å². The van der Waals surface area contributed by atoms with E-state index in [4.69, 9.17) is 14.7 Å². The second kappa shape index (κ2) is 10.3. The highest BCUT2D eigenvalue weighted by Gasteiger charge is 2.28. The normalized spacial score (nSPS) is 19.7. The third kappa shape index (κ3) is 5.65. The lowest BCUT2D eigenvalue weighted by atomic mass is 10.2. The Hall–Kier alpha value is -1.71. The molecule has 0 aromatic carbocycles. The zero-order valence-corrected chi connectivity index (χ0v) is 15.6. The molecule has 140 valence electrons. The molecule has 2 aromatic rings. The van der Waals surface area contributed by atoms with Crippen molar-refractivity contribution in [2.75, 3.05) is 13.7 Å². The fourth-order valence-corrected chi connectivity index (χ4v) is 2.26. The van der Waals surface area contributed by atoms with Crippen LogP contribution in [0.15, 0.2) is 11.0 Å². The van der Waals surface area contributed by atoms with Gasteiger partial charge in [-0.1, -0.05) is 13.8 Å². The molecule has 0 radical (unpaired) electrons. The molecule has 1 aliphatic rings.